The van der Waals surface area contributed by atoms with E-state index in [-0.39, 0.29) is 23.7 Å². The average Bonchev–Trinajstić information content (AvgIpc) is 2.87. The minimum atomic E-state index is -0.334. The molecule has 2 amide bonds. The number of thioether (sulfide) groups is 1. The van der Waals surface area contributed by atoms with Crippen molar-refractivity contribution in [1.29, 1.82) is 0 Å². The second kappa shape index (κ2) is 12.6. The highest BCUT2D eigenvalue weighted by Gasteiger charge is 2.20. The topological polar surface area (TPSA) is 85.9 Å². The van der Waals surface area contributed by atoms with E-state index in [9.17, 15) is 9.59 Å². The molecule has 34 heavy (non-hydrogen) atoms. The summed E-state index contributed by atoms with van der Waals surface area (Å²) in [7, 11) is 3.12. The SMILES string of the molecule is CCC(Sc1cccc(NC(=O)COc2ccccc2)c1)C(=O)Nc1ccc(OC)cc1OC. The molecule has 178 valence electrons. The van der Waals surface area contributed by atoms with Crippen LogP contribution in [0.5, 0.6) is 17.2 Å². The van der Waals surface area contributed by atoms with Crippen LogP contribution in [0.3, 0.4) is 0 Å². The van der Waals surface area contributed by atoms with Crippen LogP contribution < -0.4 is 24.8 Å². The number of hydrogen-bond acceptors (Lipinski definition) is 6. The van der Waals surface area contributed by atoms with Crippen LogP contribution >= 0.6 is 11.8 Å². The van der Waals surface area contributed by atoms with Gasteiger partial charge in [-0.2, -0.15) is 0 Å². The van der Waals surface area contributed by atoms with Crippen LogP contribution in [0, 0.1) is 0 Å². The zero-order valence-electron chi connectivity index (χ0n) is 19.4. The molecule has 0 fully saturated rings. The van der Waals surface area contributed by atoms with Gasteiger partial charge in [-0.1, -0.05) is 31.2 Å². The van der Waals surface area contributed by atoms with Crippen molar-refractivity contribution in [3.63, 3.8) is 0 Å². The largest absolute Gasteiger partial charge is 0.497 e. The molecule has 3 rings (SSSR count). The third-order valence-corrected chi connectivity index (χ3v) is 6.20. The van der Waals surface area contributed by atoms with Crippen molar-refractivity contribution >= 4 is 35.0 Å². The average molecular weight is 481 g/mol. The lowest BCUT2D eigenvalue weighted by Crippen LogP contribution is -2.24. The molecule has 7 nitrogen and oxygen atoms in total. The van der Waals surface area contributed by atoms with Gasteiger partial charge in [-0.3, -0.25) is 9.59 Å². The molecule has 0 radical (unpaired) electrons. The number of anilines is 2. The number of para-hydroxylation sites is 1. The summed E-state index contributed by atoms with van der Waals surface area (Å²) in [6.45, 7) is 1.86. The Labute approximate surface area is 203 Å². The minimum absolute atomic E-state index is 0.0922. The van der Waals surface area contributed by atoms with Crippen molar-refractivity contribution < 1.29 is 23.8 Å². The standard InChI is InChI=1S/C26H28N2O5S/c1-4-24(26(30)28-22-14-13-20(31-2)16-23(22)32-3)34-21-12-8-9-18(15-21)27-25(29)17-33-19-10-6-5-7-11-19/h5-16,24H,4,17H2,1-3H3,(H,27,29)(H,28,30). The predicted molar refractivity (Wildman–Crippen MR) is 135 cm³/mol. The first-order valence-electron chi connectivity index (χ1n) is 10.8. The first-order chi connectivity index (χ1) is 16.5. The summed E-state index contributed by atoms with van der Waals surface area (Å²) in [6, 6.07) is 21.8. The molecule has 3 aromatic rings. The molecule has 0 saturated carbocycles. The Morgan fingerprint density at radius 3 is 2.38 bits per heavy atom. The molecule has 2 N–H and O–H groups in total. The van der Waals surface area contributed by atoms with E-state index >= 15 is 0 Å². The lowest BCUT2D eigenvalue weighted by atomic mass is 10.2. The molecule has 1 unspecified atom stereocenters. The zero-order valence-corrected chi connectivity index (χ0v) is 20.2. The molecule has 0 aliphatic heterocycles. The fourth-order valence-electron chi connectivity index (χ4n) is 3.11. The van der Waals surface area contributed by atoms with Crippen LogP contribution in [0.1, 0.15) is 13.3 Å². The van der Waals surface area contributed by atoms with Crippen LogP contribution in [0.4, 0.5) is 11.4 Å². The van der Waals surface area contributed by atoms with Gasteiger partial charge in [0.1, 0.15) is 17.2 Å². The Morgan fingerprint density at radius 2 is 1.68 bits per heavy atom. The van der Waals surface area contributed by atoms with E-state index in [2.05, 4.69) is 10.6 Å². The quantitative estimate of drug-likeness (QED) is 0.366. The summed E-state index contributed by atoms with van der Waals surface area (Å²) in [5, 5.41) is 5.44. The molecule has 0 aliphatic carbocycles. The Bertz CT molecular complexity index is 1110. The van der Waals surface area contributed by atoms with Crippen molar-refractivity contribution in [3.8, 4) is 17.2 Å². The van der Waals surface area contributed by atoms with E-state index in [0.717, 1.165) is 4.90 Å². The number of carbonyl (C=O) groups is 2. The highest BCUT2D eigenvalue weighted by Crippen LogP contribution is 2.32. The third-order valence-electron chi connectivity index (χ3n) is 4.84. The minimum Gasteiger partial charge on any atom is -0.497 e. The maximum atomic E-state index is 12.9. The molecule has 0 bridgehead atoms. The maximum absolute atomic E-state index is 12.9. The summed E-state index contributed by atoms with van der Waals surface area (Å²) in [6.07, 6.45) is 0.622. The highest BCUT2D eigenvalue weighted by molar-refractivity contribution is 8.00. The smallest absolute Gasteiger partial charge is 0.262 e. The Balaban J connectivity index is 1.60. The zero-order chi connectivity index (χ0) is 24.3. The van der Waals surface area contributed by atoms with Crippen molar-refractivity contribution in [2.45, 2.75) is 23.5 Å². The van der Waals surface area contributed by atoms with Crippen molar-refractivity contribution in [2.75, 3.05) is 31.5 Å². The number of amides is 2. The van der Waals surface area contributed by atoms with Crippen LogP contribution in [0.15, 0.2) is 77.7 Å². The summed E-state index contributed by atoms with van der Waals surface area (Å²) in [5.74, 6) is 1.40. The lowest BCUT2D eigenvalue weighted by Gasteiger charge is -2.17. The van der Waals surface area contributed by atoms with E-state index in [4.69, 9.17) is 14.2 Å². The fraction of sp³-hybridized carbons (Fsp3) is 0.231. The van der Waals surface area contributed by atoms with Crippen LogP contribution in [0.25, 0.3) is 0 Å². The van der Waals surface area contributed by atoms with Gasteiger partial charge in [0.15, 0.2) is 6.61 Å². The van der Waals surface area contributed by atoms with Crippen LogP contribution in [-0.4, -0.2) is 37.9 Å². The van der Waals surface area contributed by atoms with Gasteiger partial charge in [0.25, 0.3) is 5.91 Å². The van der Waals surface area contributed by atoms with Gasteiger partial charge in [0.2, 0.25) is 5.91 Å². The Kier molecular flexibility index (Phi) is 9.22. The second-order valence-corrected chi connectivity index (χ2v) is 8.52. The highest BCUT2D eigenvalue weighted by atomic mass is 32.2. The summed E-state index contributed by atoms with van der Waals surface area (Å²) >= 11 is 1.43. The van der Waals surface area contributed by atoms with Gasteiger partial charge in [0.05, 0.1) is 25.2 Å². The van der Waals surface area contributed by atoms with Gasteiger partial charge in [-0.05, 0) is 48.9 Å². The van der Waals surface area contributed by atoms with Crippen molar-refractivity contribution in [2.24, 2.45) is 0 Å². The van der Waals surface area contributed by atoms with E-state index in [1.807, 2.05) is 43.3 Å². The molecule has 0 aliphatic rings. The predicted octanol–water partition coefficient (Wildman–Crippen LogP) is 5.23. The molecular weight excluding hydrogens is 452 g/mol. The second-order valence-electron chi connectivity index (χ2n) is 7.25. The number of methoxy groups -OCH3 is 2. The molecule has 0 heterocycles. The molecule has 3 aromatic carbocycles. The number of rotatable bonds is 11. The first-order valence-corrected chi connectivity index (χ1v) is 11.7. The fourth-order valence-corrected chi connectivity index (χ4v) is 4.12. The van der Waals surface area contributed by atoms with Crippen molar-refractivity contribution in [1.82, 2.24) is 0 Å². The van der Waals surface area contributed by atoms with E-state index in [1.54, 1.807) is 50.6 Å². The molecular formula is C26H28N2O5S. The third kappa shape index (κ3) is 7.18. The first kappa shape index (κ1) is 25.0. The molecule has 1 atom stereocenters. The van der Waals surface area contributed by atoms with Crippen LogP contribution in [-0.2, 0) is 9.59 Å². The molecule has 0 aromatic heterocycles. The van der Waals surface area contributed by atoms with Crippen LogP contribution in [0.2, 0.25) is 0 Å². The Morgan fingerprint density at radius 1 is 0.882 bits per heavy atom. The summed E-state index contributed by atoms with van der Waals surface area (Å²) < 4.78 is 16.1. The van der Waals surface area contributed by atoms with Crippen molar-refractivity contribution in [3.05, 3.63) is 72.8 Å². The van der Waals surface area contributed by atoms with Gasteiger partial charge in [0, 0.05) is 16.6 Å². The number of carbonyl (C=O) groups excluding carboxylic acids is 2. The summed E-state index contributed by atoms with van der Waals surface area (Å²) in [5.41, 5.74) is 1.21. The monoisotopic (exact) mass is 480 g/mol. The van der Waals surface area contributed by atoms with Gasteiger partial charge in [-0.25, -0.2) is 0 Å². The number of ether oxygens (including phenoxy) is 3. The van der Waals surface area contributed by atoms with E-state index in [1.165, 1.54) is 11.8 Å². The van der Waals surface area contributed by atoms with Gasteiger partial charge in [-0.15, -0.1) is 11.8 Å². The Hall–Kier alpha value is -3.65. The normalized spacial score (nSPS) is 11.3. The van der Waals surface area contributed by atoms with E-state index < -0.39 is 0 Å². The van der Waals surface area contributed by atoms with Gasteiger partial charge >= 0.3 is 0 Å². The molecule has 0 spiro atoms. The summed E-state index contributed by atoms with van der Waals surface area (Å²) in [4.78, 5) is 26.1. The maximum Gasteiger partial charge on any atom is 0.262 e. The van der Waals surface area contributed by atoms with Gasteiger partial charge < -0.3 is 24.8 Å². The number of nitrogens with one attached hydrogen (secondary N) is 2. The molecule has 0 saturated heterocycles. The lowest BCUT2D eigenvalue weighted by molar-refractivity contribution is -0.118. The molecule has 8 heteroatoms. The van der Waals surface area contributed by atoms with E-state index in [0.29, 0.717) is 35.0 Å². The number of hydrogen-bond donors (Lipinski definition) is 2. The number of benzene rings is 3.